The van der Waals surface area contributed by atoms with Gasteiger partial charge in [-0.15, -0.1) is 0 Å². The van der Waals surface area contributed by atoms with Gasteiger partial charge >= 0.3 is 5.97 Å². The second kappa shape index (κ2) is 3.39. The topological polar surface area (TPSA) is 37.3 Å². The molecule has 2 nitrogen and oxygen atoms in total. The molecule has 56 valence electrons. The molecule has 0 atom stereocenters. The number of carboxylic acid groups (broad SMARTS) is 1. The predicted molar refractivity (Wildman–Crippen MR) is 49.2 cm³/mol. The first-order chi connectivity index (χ1) is 5.18. The molecule has 4 heteroatoms. The number of hydrogen-bond donors (Lipinski definition) is 1. The number of thiophene rings is 1. The summed E-state index contributed by atoms with van der Waals surface area (Å²) in [6, 6.07) is 3.87. The normalized spacial score (nSPS) is 10.5. The van der Waals surface area contributed by atoms with Crippen molar-refractivity contribution in [1.29, 1.82) is 0 Å². The van der Waals surface area contributed by atoms with E-state index in [9.17, 15) is 4.79 Å². The average Bonchev–Trinajstić information content (AvgIpc) is 2.31. The van der Waals surface area contributed by atoms with E-state index in [0.717, 1.165) is 11.0 Å². The van der Waals surface area contributed by atoms with E-state index >= 15 is 0 Å². The zero-order valence-corrected chi connectivity index (χ0v) is 6.89. The van der Waals surface area contributed by atoms with Crippen molar-refractivity contribution in [3.8, 4) is 0 Å². The second-order valence-electron chi connectivity index (χ2n) is 2.12. The second-order valence-corrected chi connectivity index (χ2v) is 3.44. The van der Waals surface area contributed by atoms with Gasteiger partial charge in [-0.25, -0.2) is 4.79 Å². The Morgan fingerprint density at radius 1 is 1.64 bits per heavy atom. The molecule has 1 aromatic heterocycles. The summed E-state index contributed by atoms with van der Waals surface area (Å²) in [5.74, 6) is -0.906. The lowest BCUT2D eigenvalue weighted by Gasteiger charge is -1.80. The van der Waals surface area contributed by atoms with Crippen LogP contribution in [0.25, 0.3) is 6.08 Å². The molecule has 0 fully saturated rings. The van der Waals surface area contributed by atoms with E-state index in [1.54, 1.807) is 17.4 Å². The lowest BCUT2D eigenvalue weighted by molar-refractivity contribution is -0.131. The molecule has 0 amide bonds. The van der Waals surface area contributed by atoms with Crippen LogP contribution >= 0.6 is 11.3 Å². The zero-order valence-electron chi connectivity index (χ0n) is 6.07. The van der Waals surface area contributed by atoms with Crippen LogP contribution in [-0.2, 0) is 4.79 Å². The fourth-order valence-corrected chi connectivity index (χ4v) is 1.48. The van der Waals surface area contributed by atoms with Crippen molar-refractivity contribution in [3.63, 3.8) is 0 Å². The summed E-state index contributed by atoms with van der Waals surface area (Å²) in [5.41, 5.74) is 0. The Balaban J connectivity index is 2.71. The SMILES string of the molecule is Bc1ccc(/C=C/C(=O)O)s1. The van der Waals surface area contributed by atoms with Crippen LogP contribution in [0.2, 0.25) is 0 Å². The van der Waals surface area contributed by atoms with Crippen LogP contribution in [0, 0.1) is 0 Å². The molecule has 1 N–H and O–H groups in total. The smallest absolute Gasteiger partial charge is 0.328 e. The molecular formula is C7H7BO2S. The van der Waals surface area contributed by atoms with Gasteiger partial charge in [-0.1, -0.05) is 6.07 Å². The summed E-state index contributed by atoms with van der Waals surface area (Å²) >= 11 is 1.58. The van der Waals surface area contributed by atoms with E-state index in [1.165, 1.54) is 4.78 Å². The fourth-order valence-electron chi connectivity index (χ4n) is 0.696. The van der Waals surface area contributed by atoms with Crippen LogP contribution in [0.3, 0.4) is 0 Å². The first-order valence-corrected chi connectivity index (χ1v) is 3.97. The number of aliphatic carboxylic acids is 1. The Hall–Kier alpha value is -1.03. The third kappa shape index (κ3) is 2.59. The predicted octanol–water partition coefficient (Wildman–Crippen LogP) is 0.104. The molecule has 11 heavy (non-hydrogen) atoms. The Labute approximate surface area is 69.6 Å². The molecule has 0 aromatic carbocycles. The molecule has 0 aliphatic heterocycles. The summed E-state index contributed by atoms with van der Waals surface area (Å²) in [4.78, 5) is 11.1. The van der Waals surface area contributed by atoms with Gasteiger partial charge in [-0.2, -0.15) is 11.3 Å². The molecule has 0 spiro atoms. The molecule has 1 heterocycles. The molecular weight excluding hydrogens is 159 g/mol. The van der Waals surface area contributed by atoms with Gasteiger partial charge in [0.1, 0.15) is 0 Å². The number of carboxylic acids is 1. The largest absolute Gasteiger partial charge is 0.478 e. The van der Waals surface area contributed by atoms with Gasteiger partial charge in [0.05, 0.1) is 0 Å². The third-order valence-electron chi connectivity index (χ3n) is 1.15. The molecule has 0 saturated heterocycles. The molecule has 0 unspecified atom stereocenters. The van der Waals surface area contributed by atoms with Gasteiger partial charge in [0, 0.05) is 11.0 Å². The first kappa shape index (κ1) is 8.08. The fraction of sp³-hybridized carbons (Fsp3) is 0. The standard InChI is InChI=1S/C7H7BO2S/c8-6-3-1-5(11-6)2-4-7(9)10/h1-4H,8H2,(H,9,10)/b4-2+. The van der Waals surface area contributed by atoms with Crippen LogP contribution in [0.5, 0.6) is 0 Å². The number of hydrogen-bond acceptors (Lipinski definition) is 2. The number of rotatable bonds is 2. The Bertz CT molecular complexity index is 290. The van der Waals surface area contributed by atoms with E-state index in [4.69, 9.17) is 5.11 Å². The van der Waals surface area contributed by atoms with E-state index < -0.39 is 5.97 Å². The van der Waals surface area contributed by atoms with Crippen molar-refractivity contribution in [2.75, 3.05) is 0 Å². The minimum Gasteiger partial charge on any atom is -0.478 e. The monoisotopic (exact) mass is 166 g/mol. The molecule has 0 bridgehead atoms. The molecule has 0 saturated carbocycles. The highest BCUT2D eigenvalue weighted by atomic mass is 32.1. The van der Waals surface area contributed by atoms with Crippen molar-refractivity contribution in [2.45, 2.75) is 0 Å². The van der Waals surface area contributed by atoms with E-state index in [-0.39, 0.29) is 0 Å². The highest BCUT2D eigenvalue weighted by Gasteiger charge is 1.91. The maximum Gasteiger partial charge on any atom is 0.328 e. The first-order valence-electron chi connectivity index (χ1n) is 3.16. The molecule has 0 aliphatic rings. The van der Waals surface area contributed by atoms with Crippen LogP contribution in [0.1, 0.15) is 4.88 Å². The van der Waals surface area contributed by atoms with Crippen molar-refractivity contribution < 1.29 is 9.90 Å². The van der Waals surface area contributed by atoms with Gasteiger partial charge in [-0.05, 0) is 16.9 Å². The van der Waals surface area contributed by atoms with Gasteiger partial charge in [-0.3, -0.25) is 0 Å². The summed E-state index contributed by atoms with van der Waals surface area (Å²) in [7, 11) is 1.99. The van der Waals surface area contributed by atoms with E-state index in [1.807, 2.05) is 20.0 Å². The quantitative estimate of drug-likeness (QED) is 0.499. The molecule has 0 aliphatic carbocycles. The molecule has 1 rings (SSSR count). The van der Waals surface area contributed by atoms with E-state index in [2.05, 4.69) is 0 Å². The maximum atomic E-state index is 10.1. The highest BCUT2D eigenvalue weighted by molar-refractivity contribution is 7.20. The molecule has 1 aromatic rings. The van der Waals surface area contributed by atoms with Crippen LogP contribution in [0.4, 0.5) is 0 Å². The van der Waals surface area contributed by atoms with Gasteiger partial charge < -0.3 is 5.11 Å². The summed E-state index contributed by atoms with van der Waals surface area (Å²) in [6.07, 6.45) is 2.74. The lowest BCUT2D eigenvalue weighted by Crippen LogP contribution is -1.88. The Kier molecular flexibility index (Phi) is 2.49. The van der Waals surface area contributed by atoms with Crippen molar-refractivity contribution in [1.82, 2.24) is 0 Å². The summed E-state index contributed by atoms with van der Waals surface area (Å²) in [5, 5.41) is 8.30. The van der Waals surface area contributed by atoms with Crippen molar-refractivity contribution >= 4 is 36.0 Å². The summed E-state index contributed by atoms with van der Waals surface area (Å²) in [6.45, 7) is 0. The van der Waals surface area contributed by atoms with E-state index in [0.29, 0.717) is 0 Å². The number of carbonyl (C=O) groups is 1. The van der Waals surface area contributed by atoms with Crippen LogP contribution in [0.15, 0.2) is 18.2 Å². The Morgan fingerprint density at radius 2 is 2.36 bits per heavy atom. The minimum absolute atomic E-state index is 0.906. The third-order valence-corrected chi connectivity index (χ3v) is 2.12. The lowest BCUT2D eigenvalue weighted by atomic mass is 10.1. The van der Waals surface area contributed by atoms with Gasteiger partial charge in [0.2, 0.25) is 0 Å². The Morgan fingerprint density at radius 3 is 2.82 bits per heavy atom. The van der Waals surface area contributed by atoms with Crippen LogP contribution < -0.4 is 4.78 Å². The van der Waals surface area contributed by atoms with Crippen molar-refractivity contribution in [3.05, 3.63) is 23.1 Å². The maximum absolute atomic E-state index is 10.1. The zero-order chi connectivity index (χ0) is 8.27. The average molecular weight is 166 g/mol. The van der Waals surface area contributed by atoms with Gasteiger partial charge in [0.25, 0.3) is 0 Å². The van der Waals surface area contributed by atoms with Gasteiger partial charge in [0.15, 0.2) is 7.85 Å². The van der Waals surface area contributed by atoms with Crippen LogP contribution in [-0.4, -0.2) is 18.9 Å². The minimum atomic E-state index is -0.906. The summed E-state index contributed by atoms with van der Waals surface area (Å²) < 4.78 is 1.19. The van der Waals surface area contributed by atoms with Crippen molar-refractivity contribution in [2.24, 2.45) is 0 Å². The molecule has 0 radical (unpaired) electrons. The highest BCUT2D eigenvalue weighted by Crippen LogP contribution is 2.06.